The normalized spacial score (nSPS) is 11.6. The van der Waals surface area contributed by atoms with Crippen molar-refractivity contribution in [1.29, 1.82) is 0 Å². The maximum Gasteiger partial charge on any atom is 0.358 e. The molecule has 0 saturated carbocycles. The second-order valence-electron chi connectivity index (χ2n) is 5.20. The second-order valence-corrected chi connectivity index (χ2v) is 7.00. The fourth-order valence-corrected chi connectivity index (χ4v) is 3.48. The Balaban J connectivity index is 1.95. The van der Waals surface area contributed by atoms with Gasteiger partial charge in [0.05, 0.1) is 18.5 Å². The highest BCUT2D eigenvalue weighted by Crippen LogP contribution is 2.15. The minimum Gasteiger partial charge on any atom is -0.476 e. The van der Waals surface area contributed by atoms with Crippen LogP contribution in [0.3, 0.4) is 0 Å². The Hall–Kier alpha value is -2.26. The number of benzene rings is 1. The Kier molecular flexibility index (Phi) is 5.12. The van der Waals surface area contributed by atoms with Gasteiger partial charge in [-0.3, -0.25) is 4.68 Å². The van der Waals surface area contributed by atoms with Gasteiger partial charge in [0.1, 0.15) is 0 Å². The first-order valence-corrected chi connectivity index (χ1v) is 8.59. The molecule has 0 amide bonds. The van der Waals surface area contributed by atoms with E-state index in [1.54, 1.807) is 0 Å². The summed E-state index contributed by atoms with van der Waals surface area (Å²) in [6.45, 7) is 4.06. The number of hydrogen-bond acceptors (Lipinski definition) is 5. The van der Waals surface area contributed by atoms with Gasteiger partial charge in [-0.1, -0.05) is 23.4 Å². The molecule has 1 aromatic carbocycles. The van der Waals surface area contributed by atoms with Gasteiger partial charge < -0.3 is 5.11 Å². The van der Waals surface area contributed by atoms with Crippen molar-refractivity contribution in [2.75, 3.05) is 6.54 Å². The lowest BCUT2D eigenvalue weighted by molar-refractivity contribution is 0.0690. The zero-order valence-electron chi connectivity index (χ0n) is 12.9. The quantitative estimate of drug-likeness (QED) is 0.768. The van der Waals surface area contributed by atoms with Crippen molar-refractivity contribution in [3.63, 3.8) is 0 Å². The molecular weight excluding hydrogens is 320 g/mol. The average Bonchev–Trinajstić information content (AvgIpc) is 2.92. The van der Waals surface area contributed by atoms with Gasteiger partial charge in [0.2, 0.25) is 10.0 Å². The number of aromatic carboxylic acids is 1. The van der Waals surface area contributed by atoms with Crippen LogP contribution < -0.4 is 4.72 Å². The van der Waals surface area contributed by atoms with E-state index in [1.165, 1.54) is 10.9 Å². The van der Waals surface area contributed by atoms with Crippen molar-refractivity contribution in [2.24, 2.45) is 0 Å². The molecule has 2 aromatic rings. The molecule has 0 saturated heterocycles. The molecule has 0 aliphatic rings. The summed E-state index contributed by atoms with van der Waals surface area (Å²) in [5.41, 5.74) is 2.47. The molecule has 2 rings (SSSR count). The molecule has 2 N–H and O–H groups in total. The molecule has 0 fully saturated rings. The number of carboxylic acid groups (broad SMARTS) is 1. The molecule has 1 aromatic heterocycles. The van der Waals surface area contributed by atoms with Gasteiger partial charge in [-0.15, -0.1) is 5.10 Å². The first kappa shape index (κ1) is 17.1. The zero-order chi connectivity index (χ0) is 17.0. The second kappa shape index (κ2) is 6.88. The van der Waals surface area contributed by atoms with Crippen LogP contribution in [0.2, 0.25) is 0 Å². The highest BCUT2D eigenvalue weighted by atomic mass is 32.2. The Labute approximate surface area is 134 Å². The number of rotatable bonds is 7. The molecule has 0 unspecified atom stereocenters. The molecule has 0 atom stereocenters. The molecule has 0 bridgehead atoms. The van der Waals surface area contributed by atoms with Gasteiger partial charge >= 0.3 is 5.97 Å². The summed E-state index contributed by atoms with van der Waals surface area (Å²) in [6, 6.07) is 5.64. The van der Waals surface area contributed by atoms with E-state index in [0.29, 0.717) is 0 Å². The number of nitrogens with one attached hydrogen (secondary N) is 1. The Bertz CT molecular complexity index is 794. The molecule has 0 spiro atoms. The summed E-state index contributed by atoms with van der Waals surface area (Å²) in [5, 5.41) is 15.8. The topological polar surface area (TPSA) is 114 Å². The molecule has 8 nitrogen and oxygen atoms in total. The summed E-state index contributed by atoms with van der Waals surface area (Å²) in [4.78, 5) is 10.7. The number of aromatic nitrogens is 3. The third kappa shape index (κ3) is 4.60. The largest absolute Gasteiger partial charge is 0.476 e. The van der Waals surface area contributed by atoms with E-state index < -0.39 is 16.0 Å². The predicted octanol–water partition coefficient (Wildman–Crippen LogP) is 0.713. The van der Waals surface area contributed by atoms with E-state index in [0.717, 1.165) is 16.7 Å². The number of hydrogen-bond donors (Lipinski definition) is 2. The first-order valence-electron chi connectivity index (χ1n) is 6.94. The summed E-state index contributed by atoms with van der Waals surface area (Å²) < 4.78 is 28.1. The van der Waals surface area contributed by atoms with E-state index >= 15 is 0 Å². The average molecular weight is 338 g/mol. The van der Waals surface area contributed by atoms with Gasteiger partial charge in [-0.25, -0.2) is 17.9 Å². The smallest absolute Gasteiger partial charge is 0.358 e. The molecule has 1 heterocycles. The number of aryl methyl sites for hydroxylation is 2. The van der Waals surface area contributed by atoms with E-state index in [4.69, 9.17) is 5.11 Å². The van der Waals surface area contributed by atoms with Crippen LogP contribution in [0.4, 0.5) is 0 Å². The van der Waals surface area contributed by atoms with Crippen molar-refractivity contribution in [1.82, 2.24) is 19.7 Å². The van der Waals surface area contributed by atoms with Crippen LogP contribution in [0.5, 0.6) is 0 Å². The van der Waals surface area contributed by atoms with Crippen LogP contribution in [0.15, 0.2) is 24.4 Å². The fraction of sp³-hybridized carbons (Fsp3) is 0.357. The van der Waals surface area contributed by atoms with Crippen LogP contribution in [0.25, 0.3) is 0 Å². The molecular formula is C14H18N4O4S. The predicted molar refractivity (Wildman–Crippen MR) is 83.5 cm³/mol. The summed E-state index contributed by atoms with van der Waals surface area (Å²) in [5.74, 6) is -1.27. The van der Waals surface area contributed by atoms with Crippen molar-refractivity contribution < 1.29 is 18.3 Å². The monoisotopic (exact) mass is 338 g/mol. The van der Waals surface area contributed by atoms with Crippen LogP contribution in [0.1, 0.15) is 27.2 Å². The highest BCUT2D eigenvalue weighted by molar-refractivity contribution is 7.88. The fourth-order valence-electron chi connectivity index (χ4n) is 2.14. The number of nitrogens with zero attached hydrogens (tertiary/aromatic N) is 3. The first-order chi connectivity index (χ1) is 10.8. The molecule has 124 valence electrons. The number of sulfonamides is 1. The molecule has 0 aliphatic carbocycles. The minimum absolute atomic E-state index is 0.0940. The number of carboxylic acids is 1. The van der Waals surface area contributed by atoms with Crippen LogP contribution in [-0.4, -0.2) is 41.0 Å². The van der Waals surface area contributed by atoms with E-state index in [-0.39, 0.29) is 24.5 Å². The third-order valence-electron chi connectivity index (χ3n) is 3.40. The molecule has 0 aliphatic heterocycles. The third-order valence-corrected chi connectivity index (χ3v) is 4.71. The van der Waals surface area contributed by atoms with Crippen molar-refractivity contribution in [3.8, 4) is 0 Å². The lowest BCUT2D eigenvalue weighted by atomic mass is 10.1. The van der Waals surface area contributed by atoms with Crippen LogP contribution in [0, 0.1) is 13.8 Å². The van der Waals surface area contributed by atoms with Gasteiger partial charge in [0.15, 0.2) is 5.69 Å². The lowest BCUT2D eigenvalue weighted by Crippen LogP contribution is -2.29. The maximum atomic E-state index is 12.2. The lowest BCUT2D eigenvalue weighted by Gasteiger charge is -2.11. The van der Waals surface area contributed by atoms with Gasteiger partial charge in [0.25, 0.3) is 0 Å². The van der Waals surface area contributed by atoms with Crippen LogP contribution >= 0.6 is 0 Å². The van der Waals surface area contributed by atoms with Crippen molar-refractivity contribution in [3.05, 3.63) is 46.8 Å². The minimum atomic E-state index is -3.49. The SMILES string of the molecule is Cc1cccc(C)c1CS(=O)(=O)NCCn1cc(C(=O)O)nn1. The maximum absolute atomic E-state index is 12.2. The van der Waals surface area contributed by atoms with Crippen molar-refractivity contribution >= 4 is 16.0 Å². The molecule has 0 radical (unpaired) electrons. The van der Waals surface area contributed by atoms with Gasteiger partial charge in [-0.2, -0.15) is 0 Å². The molecule has 9 heteroatoms. The van der Waals surface area contributed by atoms with E-state index in [9.17, 15) is 13.2 Å². The highest BCUT2D eigenvalue weighted by Gasteiger charge is 2.15. The zero-order valence-corrected chi connectivity index (χ0v) is 13.7. The van der Waals surface area contributed by atoms with Gasteiger partial charge in [-0.05, 0) is 30.5 Å². The van der Waals surface area contributed by atoms with Gasteiger partial charge in [0, 0.05) is 6.54 Å². The summed E-state index contributed by atoms with van der Waals surface area (Å²) in [7, 11) is -3.49. The standard InChI is InChI=1S/C14H18N4O4S/c1-10-4-3-5-11(2)12(10)9-23(21,22)15-6-7-18-8-13(14(19)20)16-17-18/h3-5,8,15H,6-7,9H2,1-2H3,(H,19,20). The van der Waals surface area contributed by atoms with Crippen LogP contribution in [-0.2, 0) is 22.3 Å². The Morgan fingerprint density at radius 1 is 1.30 bits per heavy atom. The number of carbonyl (C=O) groups is 1. The summed E-state index contributed by atoms with van der Waals surface area (Å²) >= 11 is 0. The summed E-state index contributed by atoms with van der Waals surface area (Å²) in [6.07, 6.45) is 1.25. The van der Waals surface area contributed by atoms with E-state index in [2.05, 4.69) is 15.0 Å². The molecule has 23 heavy (non-hydrogen) atoms. The Morgan fingerprint density at radius 3 is 2.52 bits per heavy atom. The van der Waals surface area contributed by atoms with E-state index in [1.807, 2.05) is 32.0 Å². The Morgan fingerprint density at radius 2 is 1.96 bits per heavy atom. The van der Waals surface area contributed by atoms with Crippen molar-refractivity contribution in [2.45, 2.75) is 26.1 Å².